The average molecular weight is 397 g/mol. The first kappa shape index (κ1) is 19.4. The topological polar surface area (TPSA) is 101 Å². The molecule has 3 rings (SSSR count). The number of carbonyl (C=O) groups is 2. The molecule has 2 amide bonds. The Kier molecular flexibility index (Phi) is 6.23. The van der Waals surface area contributed by atoms with Gasteiger partial charge in [-0.05, 0) is 35.2 Å². The maximum atomic E-state index is 12.9. The van der Waals surface area contributed by atoms with Crippen molar-refractivity contribution >= 4 is 38.4 Å². The van der Waals surface area contributed by atoms with E-state index in [9.17, 15) is 14.7 Å². The summed E-state index contributed by atoms with van der Waals surface area (Å²) >= 11 is 1.42. The molecule has 0 spiro atoms. The second kappa shape index (κ2) is 9.01. The van der Waals surface area contributed by atoms with Crippen molar-refractivity contribution in [2.75, 3.05) is 18.5 Å². The summed E-state index contributed by atoms with van der Waals surface area (Å²) in [5, 5.41) is 16.7. The number of amides is 2. The van der Waals surface area contributed by atoms with E-state index in [4.69, 9.17) is 4.74 Å². The zero-order valence-electron chi connectivity index (χ0n) is 14.9. The molecule has 0 bridgehead atoms. The van der Waals surface area contributed by atoms with Gasteiger partial charge in [-0.1, -0.05) is 24.8 Å². The van der Waals surface area contributed by atoms with Gasteiger partial charge in [-0.2, -0.15) is 0 Å². The number of ether oxygens (including phenoxy) is 1. The lowest BCUT2D eigenvalue weighted by Crippen LogP contribution is -2.34. The Hall–Kier alpha value is -3.39. The van der Waals surface area contributed by atoms with Gasteiger partial charge >= 0.3 is 6.09 Å². The Morgan fingerprint density at radius 2 is 2.07 bits per heavy atom. The number of alkyl carbamates (subject to hydrolysis) is 1. The third-order valence-electron chi connectivity index (χ3n) is 3.96. The number of hydrogen-bond acceptors (Lipinski definition) is 6. The number of nitrogens with zero attached hydrogens (tertiary/aromatic N) is 1. The predicted molar refractivity (Wildman–Crippen MR) is 109 cm³/mol. The lowest BCUT2D eigenvalue weighted by Gasteiger charge is -2.17. The number of anilines is 1. The minimum Gasteiger partial charge on any atom is -0.508 e. The van der Waals surface area contributed by atoms with E-state index in [1.807, 2.05) is 12.1 Å². The molecule has 28 heavy (non-hydrogen) atoms. The van der Waals surface area contributed by atoms with Crippen LogP contribution in [0.4, 0.5) is 9.80 Å². The number of pyridine rings is 1. The van der Waals surface area contributed by atoms with Crippen molar-refractivity contribution in [1.82, 2.24) is 10.3 Å². The Bertz CT molecular complexity index is 952. The second-order valence-electron chi connectivity index (χ2n) is 5.93. The molecule has 0 aliphatic rings. The van der Waals surface area contributed by atoms with Crippen LogP contribution in [0.1, 0.15) is 11.5 Å². The molecule has 7 nitrogen and oxygen atoms in total. The zero-order valence-corrected chi connectivity index (χ0v) is 15.7. The maximum absolute atomic E-state index is 12.9. The standard InChI is InChI=1S/C20H19N3O4S/c1-2-9-27-20(26)22-11-16(13-3-5-15(24)6-4-13)19(25)23-18-10-14-7-8-21-12-17(14)28-18/h2-8,10,12,16,24H,1,9,11H2,(H,22,26)(H,23,25). The molecule has 0 saturated heterocycles. The molecule has 1 unspecified atom stereocenters. The highest BCUT2D eigenvalue weighted by Crippen LogP contribution is 2.30. The molecular formula is C20H19N3O4S. The molecule has 1 aromatic carbocycles. The molecule has 0 radical (unpaired) electrons. The van der Waals surface area contributed by atoms with E-state index < -0.39 is 12.0 Å². The summed E-state index contributed by atoms with van der Waals surface area (Å²) < 4.78 is 5.85. The van der Waals surface area contributed by atoms with Crippen LogP contribution in [0, 0.1) is 0 Å². The van der Waals surface area contributed by atoms with Crippen molar-refractivity contribution in [2.24, 2.45) is 0 Å². The SMILES string of the molecule is C=CCOC(=O)NCC(C(=O)Nc1cc2ccncc2s1)c1ccc(O)cc1. The predicted octanol–water partition coefficient (Wildman–Crippen LogP) is 3.64. The van der Waals surface area contributed by atoms with Gasteiger partial charge < -0.3 is 20.5 Å². The Balaban J connectivity index is 1.76. The van der Waals surface area contributed by atoms with Crippen LogP contribution in [0.2, 0.25) is 0 Å². The normalized spacial score (nSPS) is 11.6. The van der Waals surface area contributed by atoms with Gasteiger partial charge in [0.2, 0.25) is 5.91 Å². The minimum absolute atomic E-state index is 0.0407. The van der Waals surface area contributed by atoms with Gasteiger partial charge in [-0.25, -0.2) is 4.79 Å². The molecular weight excluding hydrogens is 378 g/mol. The van der Waals surface area contributed by atoms with Gasteiger partial charge in [-0.3, -0.25) is 9.78 Å². The van der Waals surface area contributed by atoms with E-state index >= 15 is 0 Å². The Labute approximate surface area is 165 Å². The van der Waals surface area contributed by atoms with Crippen molar-refractivity contribution < 1.29 is 19.4 Å². The number of fused-ring (bicyclic) bond motifs is 1. The molecule has 3 aromatic rings. The highest BCUT2D eigenvalue weighted by molar-refractivity contribution is 7.22. The van der Waals surface area contributed by atoms with Crippen molar-refractivity contribution in [1.29, 1.82) is 0 Å². The van der Waals surface area contributed by atoms with Gasteiger partial charge in [0.1, 0.15) is 12.4 Å². The number of rotatable bonds is 7. The van der Waals surface area contributed by atoms with E-state index in [1.54, 1.807) is 24.5 Å². The Morgan fingerprint density at radius 3 is 2.79 bits per heavy atom. The molecule has 144 valence electrons. The molecule has 0 aliphatic heterocycles. The summed E-state index contributed by atoms with van der Waals surface area (Å²) in [7, 11) is 0. The molecule has 0 fully saturated rings. The first-order valence-electron chi connectivity index (χ1n) is 8.51. The summed E-state index contributed by atoms with van der Waals surface area (Å²) in [4.78, 5) is 28.7. The number of thiophene rings is 1. The van der Waals surface area contributed by atoms with Gasteiger partial charge in [0.15, 0.2) is 0 Å². The molecule has 1 atom stereocenters. The van der Waals surface area contributed by atoms with Crippen molar-refractivity contribution in [2.45, 2.75) is 5.92 Å². The first-order valence-corrected chi connectivity index (χ1v) is 9.33. The Morgan fingerprint density at radius 1 is 1.29 bits per heavy atom. The largest absolute Gasteiger partial charge is 0.508 e. The number of phenols is 1. The van der Waals surface area contributed by atoms with Crippen molar-refractivity contribution in [3.8, 4) is 5.75 Å². The first-order chi connectivity index (χ1) is 13.6. The molecule has 2 aromatic heterocycles. The van der Waals surface area contributed by atoms with E-state index in [1.165, 1.54) is 29.5 Å². The number of carbonyl (C=O) groups excluding carboxylic acids is 2. The number of benzene rings is 1. The van der Waals surface area contributed by atoms with Crippen LogP contribution >= 0.6 is 11.3 Å². The van der Waals surface area contributed by atoms with Crippen LogP contribution in [0.25, 0.3) is 10.1 Å². The lowest BCUT2D eigenvalue weighted by molar-refractivity contribution is -0.117. The molecule has 8 heteroatoms. The summed E-state index contributed by atoms with van der Waals surface area (Å²) in [5.74, 6) is -0.854. The zero-order chi connectivity index (χ0) is 19.9. The van der Waals surface area contributed by atoms with Crippen LogP contribution in [0.15, 0.2) is 61.4 Å². The second-order valence-corrected chi connectivity index (χ2v) is 7.01. The van der Waals surface area contributed by atoms with Crippen LogP contribution in [0.5, 0.6) is 5.75 Å². The van der Waals surface area contributed by atoms with Crippen LogP contribution in [-0.4, -0.2) is 35.2 Å². The summed E-state index contributed by atoms with van der Waals surface area (Å²) in [6.07, 6.45) is 4.26. The minimum atomic E-state index is -0.666. The molecule has 3 N–H and O–H groups in total. The highest BCUT2D eigenvalue weighted by atomic mass is 32.1. The number of aromatic hydroxyl groups is 1. The van der Waals surface area contributed by atoms with Gasteiger partial charge in [0.05, 0.1) is 15.6 Å². The van der Waals surface area contributed by atoms with Crippen LogP contribution < -0.4 is 10.6 Å². The monoisotopic (exact) mass is 397 g/mol. The number of nitrogens with one attached hydrogen (secondary N) is 2. The number of phenolic OH excluding ortho intramolecular Hbond substituents is 1. The van der Waals surface area contributed by atoms with Crippen LogP contribution in [0.3, 0.4) is 0 Å². The van der Waals surface area contributed by atoms with E-state index in [0.717, 1.165) is 10.1 Å². The lowest BCUT2D eigenvalue weighted by atomic mass is 9.98. The van der Waals surface area contributed by atoms with Gasteiger partial charge in [0, 0.05) is 18.9 Å². The quantitative estimate of drug-likeness (QED) is 0.529. The molecule has 0 saturated carbocycles. The smallest absolute Gasteiger partial charge is 0.407 e. The average Bonchev–Trinajstić information content (AvgIpc) is 3.10. The summed E-state index contributed by atoms with van der Waals surface area (Å²) in [6.45, 7) is 3.60. The van der Waals surface area contributed by atoms with Crippen LogP contribution in [-0.2, 0) is 9.53 Å². The van der Waals surface area contributed by atoms with E-state index in [0.29, 0.717) is 10.6 Å². The summed E-state index contributed by atoms with van der Waals surface area (Å²) in [6, 6.07) is 10.0. The van der Waals surface area contributed by atoms with Crippen molar-refractivity contribution in [3.63, 3.8) is 0 Å². The van der Waals surface area contributed by atoms with E-state index in [-0.39, 0.29) is 24.8 Å². The third kappa shape index (κ3) is 4.86. The fourth-order valence-electron chi connectivity index (χ4n) is 2.59. The van der Waals surface area contributed by atoms with Gasteiger partial charge in [-0.15, -0.1) is 11.3 Å². The van der Waals surface area contributed by atoms with E-state index in [2.05, 4.69) is 22.2 Å². The highest BCUT2D eigenvalue weighted by Gasteiger charge is 2.22. The maximum Gasteiger partial charge on any atom is 0.407 e. The third-order valence-corrected chi connectivity index (χ3v) is 4.96. The summed E-state index contributed by atoms with van der Waals surface area (Å²) in [5.41, 5.74) is 0.655. The van der Waals surface area contributed by atoms with Crippen molar-refractivity contribution in [3.05, 3.63) is 67.0 Å². The number of hydrogen-bond donors (Lipinski definition) is 3. The van der Waals surface area contributed by atoms with Gasteiger partial charge in [0.25, 0.3) is 0 Å². The molecule has 2 heterocycles. The number of aromatic nitrogens is 1. The fourth-order valence-corrected chi connectivity index (χ4v) is 3.53. The molecule has 0 aliphatic carbocycles. The fraction of sp³-hybridized carbons (Fsp3) is 0.150.